The van der Waals surface area contributed by atoms with Gasteiger partial charge in [0.25, 0.3) is 0 Å². The Hall–Kier alpha value is -7.42. The van der Waals surface area contributed by atoms with E-state index in [1.54, 1.807) is 0 Å². The van der Waals surface area contributed by atoms with Crippen LogP contribution in [0.25, 0.3) is 72.0 Å². The number of aromatic nitrogens is 1. The fourth-order valence-corrected chi connectivity index (χ4v) is 8.25. The van der Waals surface area contributed by atoms with Gasteiger partial charge in [0.15, 0.2) is 0 Å². The number of rotatable bonds is 8. The van der Waals surface area contributed by atoms with E-state index in [-0.39, 0.29) is 0 Å². The largest absolute Gasteiger partial charge is 0.309 e. The number of benzene rings is 9. The second kappa shape index (κ2) is 14.4. The average Bonchev–Trinajstić information content (AvgIpc) is 3.63. The van der Waals surface area contributed by atoms with Gasteiger partial charge in [-0.2, -0.15) is 0 Å². The predicted molar refractivity (Wildman–Crippen MR) is 237 cm³/mol. The van der Waals surface area contributed by atoms with Crippen LogP contribution >= 0.6 is 0 Å². The molecule has 1 heterocycles. The highest BCUT2D eigenvalue weighted by molar-refractivity contribution is 6.17. The maximum Gasteiger partial charge on any atom is 0.0562 e. The molecule has 0 bridgehead atoms. The standard InChI is InChI=1S/C54H38N2/c1-4-18-39(19-5-1)40-34-36-44(37-35-40)55(50-30-14-12-28-48(50)42-22-8-3-9-23-42)52-32-17-33-53-54(52)49-29-13-15-31-51(49)56(53)45-25-16-24-43(38-45)47-27-11-10-26-46(47)41-20-6-2-7-21-41/h1-38H. The second-order valence-electron chi connectivity index (χ2n) is 14.1. The van der Waals surface area contributed by atoms with Crippen molar-refractivity contribution in [3.8, 4) is 50.2 Å². The Morgan fingerprint density at radius 1 is 0.304 bits per heavy atom. The summed E-state index contributed by atoms with van der Waals surface area (Å²) < 4.78 is 2.43. The summed E-state index contributed by atoms with van der Waals surface area (Å²) in [6.07, 6.45) is 0. The molecule has 2 heteroatoms. The van der Waals surface area contributed by atoms with E-state index in [4.69, 9.17) is 0 Å². The Balaban J connectivity index is 1.19. The van der Waals surface area contributed by atoms with Gasteiger partial charge in [0.2, 0.25) is 0 Å². The van der Waals surface area contributed by atoms with E-state index in [1.807, 2.05) is 0 Å². The third-order valence-corrected chi connectivity index (χ3v) is 10.8. The van der Waals surface area contributed by atoms with Crippen LogP contribution in [-0.4, -0.2) is 4.57 Å². The van der Waals surface area contributed by atoms with Crippen LogP contribution in [0.3, 0.4) is 0 Å². The number of nitrogens with zero attached hydrogens (tertiary/aromatic N) is 2. The van der Waals surface area contributed by atoms with Crippen molar-refractivity contribution in [3.63, 3.8) is 0 Å². The van der Waals surface area contributed by atoms with Gasteiger partial charge in [0, 0.05) is 27.7 Å². The molecule has 0 N–H and O–H groups in total. The quantitative estimate of drug-likeness (QED) is 0.152. The van der Waals surface area contributed by atoms with Crippen LogP contribution in [0.5, 0.6) is 0 Å². The summed E-state index contributed by atoms with van der Waals surface area (Å²) in [7, 11) is 0. The van der Waals surface area contributed by atoms with Crippen molar-refractivity contribution in [1.29, 1.82) is 0 Å². The van der Waals surface area contributed by atoms with E-state index < -0.39 is 0 Å². The summed E-state index contributed by atoms with van der Waals surface area (Å²) >= 11 is 0. The van der Waals surface area contributed by atoms with Crippen molar-refractivity contribution in [2.75, 3.05) is 4.90 Å². The third-order valence-electron chi connectivity index (χ3n) is 10.8. The minimum Gasteiger partial charge on any atom is -0.309 e. The lowest BCUT2D eigenvalue weighted by Crippen LogP contribution is -2.11. The minimum absolute atomic E-state index is 1.09. The molecule has 10 aromatic rings. The van der Waals surface area contributed by atoms with E-state index in [1.165, 1.54) is 60.8 Å². The molecule has 10 rings (SSSR count). The summed E-state index contributed by atoms with van der Waals surface area (Å²) in [6, 6.07) is 83.0. The Kier molecular flexibility index (Phi) is 8.55. The van der Waals surface area contributed by atoms with Gasteiger partial charge < -0.3 is 9.47 Å². The lowest BCUT2D eigenvalue weighted by Gasteiger charge is -2.29. The van der Waals surface area contributed by atoms with Crippen LogP contribution in [0.15, 0.2) is 231 Å². The molecule has 0 amide bonds. The van der Waals surface area contributed by atoms with Crippen LogP contribution in [0, 0.1) is 0 Å². The molecule has 0 fully saturated rings. The number of hydrogen-bond donors (Lipinski definition) is 0. The maximum absolute atomic E-state index is 2.45. The van der Waals surface area contributed by atoms with Gasteiger partial charge in [-0.15, -0.1) is 0 Å². The SMILES string of the molecule is c1ccc(-c2ccc(N(c3ccccc3-c3ccccc3)c3cccc4c3c3ccccc3n4-c3cccc(-c4ccccc4-c4ccccc4)c3)cc2)cc1. The molecule has 9 aromatic carbocycles. The first kappa shape index (κ1) is 33.2. The van der Waals surface area contributed by atoms with Crippen LogP contribution in [0.2, 0.25) is 0 Å². The molecule has 1 aromatic heterocycles. The Labute approximate surface area is 327 Å². The highest BCUT2D eigenvalue weighted by atomic mass is 15.1. The molecule has 0 saturated carbocycles. The number of fused-ring (bicyclic) bond motifs is 3. The lowest BCUT2D eigenvalue weighted by molar-refractivity contribution is 1.18. The van der Waals surface area contributed by atoms with Gasteiger partial charge in [0.1, 0.15) is 0 Å². The average molecular weight is 715 g/mol. The van der Waals surface area contributed by atoms with Gasteiger partial charge in [-0.25, -0.2) is 0 Å². The third kappa shape index (κ3) is 5.95. The van der Waals surface area contributed by atoms with Gasteiger partial charge in [-0.1, -0.05) is 182 Å². The van der Waals surface area contributed by atoms with E-state index in [0.29, 0.717) is 0 Å². The van der Waals surface area contributed by atoms with Crippen molar-refractivity contribution in [2.45, 2.75) is 0 Å². The van der Waals surface area contributed by atoms with Crippen LogP contribution in [0.1, 0.15) is 0 Å². The second-order valence-corrected chi connectivity index (χ2v) is 14.1. The summed E-state index contributed by atoms with van der Waals surface area (Å²) in [5.41, 5.74) is 16.3. The molecule has 0 radical (unpaired) electrons. The fourth-order valence-electron chi connectivity index (χ4n) is 8.25. The highest BCUT2D eigenvalue weighted by Gasteiger charge is 2.23. The zero-order valence-corrected chi connectivity index (χ0v) is 30.8. The molecule has 0 saturated heterocycles. The zero-order valence-electron chi connectivity index (χ0n) is 30.8. The molecule has 0 aliphatic heterocycles. The van der Waals surface area contributed by atoms with Crippen molar-refractivity contribution >= 4 is 38.9 Å². The first-order valence-corrected chi connectivity index (χ1v) is 19.2. The molecule has 56 heavy (non-hydrogen) atoms. The van der Waals surface area contributed by atoms with Crippen molar-refractivity contribution in [3.05, 3.63) is 231 Å². The van der Waals surface area contributed by atoms with Crippen LogP contribution in [-0.2, 0) is 0 Å². The summed E-state index contributed by atoms with van der Waals surface area (Å²) in [5, 5.41) is 2.41. The molecule has 0 aliphatic rings. The first-order valence-electron chi connectivity index (χ1n) is 19.2. The molecule has 0 aliphatic carbocycles. The van der Waals surface area contributed by atoms with E-state index in [2.05, 4.69) is 240 Å². The molecular formula is C54H38N2. The summed E-state index contributed by atoms with van der Waals surface area (Å²) in [5.74, 6) is 0. The topological polar surface area (TPSA) is 8.17 Å². The molecular weight excluding hydrogens is 677 g/mol. The predicted octanol–water partition coefficient (Wildman–Crippen LogP) is 14.9. The van der Waals surface area contributed by atoms with E-state index in [0.717, 1.165) is 28.3 Å². The molecule has 264 valence electrons. The smallest absolute Gasteiger partial charge is 0.0562 e. The Morgan fingerprint density at radius 2 is 0.786 bits per heavy atom. The maximum atomic E-state index is 2.45. The molecule has 0 atom stereocenters. The van der Waals surface area contributed by atoms with Gasteiger partial charge in [0.05, 0.1) is 22.4 Å². The molecule has 0 unspecified atom stereocenters. The van der Waals surface area contributed by atoms with E-state index >= 15 is 0 Å². The van der Waals surface area contributed by atoms with Gasteiger partial charge in [-0.05, 0) is 87.5 Å². The van der Waals surface area contributed by atoms with E-state index in [9.17, 15) is 0 Å². The Morgan fingerprint density at radius 3 is 1.50 bits per heavy atom. The normalized spacial score (nSPS) is 11.2. The summed E-state index contributed by atoms with van der Waals surface area (Å²) in [4.78, 5) is 2.45. The van der Waals surface area contributed by atoms with Gasteiger partial charge in [-0.3, -0.25) is 0 Å². The van der Waals surface area contributed by atoms with Crippen LogP contribution < -0.4 is 4.90 Å². The number of hydrogen-bond acceptors (Lipinski definition) is 1. The van der Waals surface area contributed by atoms with Crippen molar-refractivity contribution < 1.29 is 0 Å². The van der Waals surface area contributed by atoms with Crippen LogP contribution in [0.4, 0.5) is 17.1 Å². The van der Waals surface area contributed by atoms with Gasteiger partial charge >= 0.3 is 0 Å². The van der Waals surface area contributed by atoms with Crippen molar-refractivity contribution in [1.82, 2.24) is 4.57 Å². The molecule has 2 nitrogen and oxygen atoms in total. The fraction of sp³-hybridized carbons (Fsp3) is 0. The highest BCUT2D eigenvalue weighted by Crippen LogP contribution is 2.47. The lowest BCUT2D eigenvalue weighted by atomic mass is 9.94. The minimum atomic E-state index is 1.09. The number of anilines is 3. The zero-order chi connectivity index (χ0) is 37.3. The Bertz CT molecular complexity index is 2940. The number of para-hydroxylation sites is 2. The summed E-state index contributed by atoms with van der Waals surface area (Å²) in [6.45, 7) is 0. The van der Waals surface area contributed by atoms with Crippen molar-refractivity contribution in [2.24, 2.45) is 0 Å². The molecule has 0 spiro atoms. The monoisotopic (exact) mass is 714 g/mol. The first-order chi connectivity index (χ1) is 27.8.